The number of aliphatic hydroxyl groups excluding tert-OH is 18. The molecule has 9 rings (SSSR count). The van der Waals surface area contributed by atoms with Gasteiger partial charge in [0.2, 0.25) is 0 Å². The first-order chi connectivity index (χ1) is 41.6. The van der Waals surface area contributed by atoms with E-state index in [1.165, 1.54) is 13.8 Å². The smallest absolute Gasteiger partial charge is 0.187 e. The van der Waals surface area contributed by atoms with Crippen LogP contribution in [0.5, 0.6) is 0 Å². The van der Waals surface area contributed by atoms with Gasteiger partial charge in [-0.05, 0) is 99.7 Å². The van der Waals surface area contributed by atoms with Gasteiger partial charge in [-0.3, -0.25) is 0 Å². The third-order valence-corrected chi connectivity index (χ3v) is 22.9. The molecule has 29 heteroatoms. The molecule has 0 amide bonds. The number of hydrogen-bond donors (Lipinski definition) is 19. The van der Waals surface area contributed by atoms with Gasteiger partial charge in [0.25, 0.3) is 0 Å². The third kappa shape index (κ3) is 13.1. The summed E-state index contributed by atoms with van der Waals surface area (Å²) in [5.41, 5.74) is -2.49. The van der Waals surface area contributed by atoms with Gasteiger partial charge in [0.1, 0.15) is 122 Å². The van der Waals surface area contributed by atoms with E-state index in [0.717, 1.165) is 18.4 Å². The maximum atomic E-state index is 12.8. The molecule has 8 fully saturated rings. The van der Waals surface area contributed by atoms with Crippen LogP contribution in [-0.4, -0.2) is 308 Å². The zero-order chi connectivity index (χ0) is 65.5. The second-order valence-corrected chi connectivity index (χ2v) is 28.7. The maximum absolute atomic E-state index is 12.8. The fourth-order valence-electron chi connectivity index (χ4n) is 17.0. The van der Waals surface area contributed by atoms with Crippen LogP contribution in [0.15, 0.2) is 11.6 Å². The summed E-state index contributed by atoms with van der Waals surface area (Å²) < 4.78 is 59.3. The first kappa shape index (κ1) is 71.9. The molecule has 0 aromatic carbocycles. The highest BCUT2D eigenvalue weighted by Crippen LogP contribution is 2.75. The molecule has 35 atom stereocenters. The molecule has 29 nitrogen and oxygen atoms in total. The Bertz CT molecular complexity index is 2340. The normalized spacial score (nSPS) is 51.8. The minimum Gasteiger partial charge on any atom is -0.394 e. The largest absolute Gasteiger partial charge is 0.394 e. The molecule has 19 N–H and O–H groups in total. The van der Waals surface area contributed by atoms with E-state index in [1.807, 2.05) is 13.8 Å². The average molecular weight is 1290 g/mol. The van der Waals surface area contributed by atoms with Crippen molar-refractivity contribution in [3.8, 4) is 0 Å². The Labute approximate surface area is 517 Å². The second-order valence-electron chi connectivity index (χ2n) is 28.7. The minimum atomic E-state index is -1.96. The Morgan fingerprint density at radius 2 is 0.955 bits per heavy atom. The molecule has 5 heterocycles. The second kappa shape index (κ2) is 27.6. The molecule has 0 radical (unpaired) electrons. The van der Waals surface area contributed by atoms with Crippen LogP contribution in [0.25, 0.3) is 0 Å². The summed E-state index contributed by atoms with van der Waals surface area (Å²) in [6, 6.07) is 0. The third-order valence-electron chi connectivity index (χ3n) is 22.9. The van der Waals surface area contributed by atoms with Gasteiger partial charge in [0.05, 0.1) is 56.9 Å². The van der Waals surface area contributed by atoms with Gasteiger partial charge in [0, 0.05) is 10.8 Å². The van der Waals surface area contributed by atoms with E-state index < -0.39 is 227 Å². The Balaban J connectivity index is 0.883. The Morgan fingerprint density at radius 1 is 0.517 bits per heavy atom. The van der Waals surface area contributed by atoms with Crippen molar-refractivity contribution < 1.29 is 144 Å². The number of allylic oxidation sites excluding steroid dienone is 1. The zero-order valence-electron chi connectivity index (χ0n) is 51.8. The van der Waals surface area contributed by atoms with Gasteiger partial charge in [0.15, 0.2) is 31.5 Å². The number of hydrogen-bond acceptors (Lipinski definition) is 29. The van der Waals surface area contributed by atoms with E-state index in [2.05, 4.69) is 33.8 Å². The van der Waals surface area contributed by atoms with Gasteiger partial charge < -0.3 is 144 Å². The number of ether oxygens (including phenoxy) is 10. The van der Waals surface area contributed by atoms with E-state index in [-0.39, 0.29) is 35.5 Å². The predicted octanol–water partition coefficient (Wildman–Crippen LogP) is -5.41. The van der Waals surface area contributed by atoms with Crippen LogP contribution >= 0.6 is 0 Å². The molecule has 0 aromatic rings. The maximum Gasteiger partial charge on any atom is 0.187 e. The van der Waals surface area contributed by atoms with Gasteiger partial charge in [-0.1, -0.05) is 53.2 Å². The number of aliphatic hydroxyl groups is 19. The van der Waals surface area contributed by atoms with Crippen molar-refractivity contribution in [2.24, 2.45) is 45.3 Å². The highest BCUT2D eigenvalue weighted by Gasteiger charge is 2.70. The molecule has 1 unspecified atom stereocenters. The van der Waals surface area contributed by atoms with Crippen LogP contribution < -0.4 is 0 Å². The van der Waals surface area contributed by atoms with Crippen LogP contribution in [-0.2, 0) is 47.4 Å². The quantitative estimate of drug-likeness (QED) is 0.0506. The SMILES string of the molecule is C[C@H](CC[C@@H](O[C@@H]1O[C@H](CO[C@@H]2O[C@H](CO)[C@@H](O)[C@H](O)[C@H]2O)[C@@H](O)[C@H](O)[C@H]1O[C@@H]1O[C@H](CO)[C@@H](O)[C@H](O)[C@H]1O)C(C)(C)O)[C@H]1CC[C@@]2(C)[C@@H]3CC=C4[C@@H](CC[C@H](O[C@@H]5OC(CO[C@@H]6O[C@H](CO)[C@@H](O)[C@H](O)[C@H]6O)[C@@H](O)[C@H](O)[C@H]5O)C4(C)C)[C@]3(C)[C@H](O)C[C@]12C. The summed E-state index contributed by atoms with van der Waals surface area (Å²) >= 11 is 0. The molecule has 89 heavy (non-hydrogen) atoms. The van der Waals surface area contributed by atoms with Crippen molar-refractivity contribution in [3.05, 3.63) is 11.6 Å². The number of rotatable bonds is 20. The molecule has 9 aliphatic rings. The van der Waals surface area contributed by atoms with E-state index >= 15 is 0 Å². The van der Waals surface area contributed by atoms with Crippen molar-refractivity contribution in [2.45, 2.75) is 284 Å². The summed E-state index contributed by atoms with van der Waals surface area (Å²) in [7, 11) is 0. The van der Waals surface area contributed by atoms with Crippen molar-refractivity contribution in [1.29, 1.82) is 0 Å². The lowest BCUT2D eigenvalue weighted by molar-refractivity contribution is -0.380. The molecule has 0 bridgehead atoms. The Kier molecular flexibility index (Phi) is 22.3. The topological polar surface area (TPSA) is 477 Å². The van der Waals surface area contributed by atoms with E-state index in [1.54, 1.807) is 0 Å². The molecule has 5 saturated heterocycles. The van der Waals surface area contributed by atoms with Crippen molar-refractivity contribution in [1.82, 2.24) is 0 Å². The van der Waals surface area contributed by atoms with E-state index in [0.29, 0.717) is 32.1 Å². The zero-order valence-corrected chi connectivity index (χ0v) is 51.8. The molecule has 4 aliphatic carbocycles. The van der Waals surface area contributed by atoms with Crippen LogP contribution in [0, 0.1) is 45.3 Å². The summed E-state index contributed by atoms with van der Waals surface area (Å²) in [4.78, 5) is 0. The molecule has 3 saturated carbocycles. The monoisotopic (exact) mass is 1290 g/mol. The highest BCUT2D eigenvalue weighted by molar-refractivity contribution is 5.32. The molecule has 5 aliphatic heterocycles. The predicted molar refractivity (Wildman–Crippen MR) is 300 cm³/mol. The molecular weight excluding hydrogens is 1180 g/mol. The lowest BCUT2D eigenvalue weighted by Crippen LogP contribution is -2.65. The molecule has 516 valence electrons. The van der Waals surface area contributed by atoms with Gasteiger partial charge >= 0.3 is 0 Å². The fourth-order valence-corrected chi connectivity index (χ4v) is 17.0. The summed E-state index contributed by atoms with van der Waals surface area (Å²) in [6.45, 7) is 12.6. The van der Waals surface area contributed by atoms with Crippen LogP contribution in [0.4, 0.5) is 0 Å². The summed E-state index contributed by atoms with van der Waals surface area (Å²) in [5, 5.41) is 205. The Morgan fingerprint density at radius 3 is 1.45 bits per heavy atom. The van der Waals surface area contributed by atoms with Crippen molar-refractivity contribution >= 4 is 0 Å². The van der Waals surface area contributed by atoms with Crippen molar-refractivity contribution in [3.63, 3.8) is 0 Å². The van der Waals surface area contributed by atoms with Crippen LogP contribution in [0.1, 0.15) is 107 Å². The van der Waals surface area contributed by atoms with Crippen LogP contribution in [0.2, 0.25) is 0 Å². The molecule has 0 spiro atoms. The van der Waals surface area contributed by atoms with Gasteiger partial charge in [-0.15, -0.1) is 0 Å². The van der Waals surface area contributed by atoms with Crippen molar-refractivity contribution in [2.75, 3.05) is 33.0 Å². The van der Waals surface area contributed by atoms with Gasteiger partial charge in [-0.25, -0.2) is 0 Å². The summed E-state index contributed by atoms with van der Waals surface area (Å²) in [6.07, 6.45) is -37.4. The molecular formula is C60H102O29. The molecule has 0 aromatic heterocycles. The average Bonchev–Trinajstić information content (AvgIpc) is 1.66. The first-order valence-electron chi connectivity index (χ1n) is 31.6. The fraction of sp³-hybridized carbons (Fsp3) is 0.967. The Hall–Kier alpha value is -1.42. The lowest BCUT2D eigenvalue weighted by atomic mass is 9.38. The first-order valence-corrected chi connectivity index (χ1v) is 31.6. The minimum absolute atomic E-state index is 0.0310. The highest BCUT2D eigenvalue weighted by atomic mass is 16.8. The standard InChI is InChI=1S/C60H102O29/c1-23(9-13-35(57(4,5)79)88-55-50(89-54-49(78)43(72)38(67)29(20-63)84-54)45(74)40(69)31(86-55)22-81-52-47(76)42(71)37(66)28(19-62)83-52)24-15-16-58(6)32-12-10-25-26(60(32,8)33(64)17-59(24,58)7)11-14-34(56(25,2)3)87-53-48(77)44(73)39(68)30(85-53)21-80-51-46(75)41(70)36(65)27(18-61)82-51/h10,23-24,26-55,61-79H,9,11-22H2,1-8H3/t23-,24-,26-,27-,28-,29-,30?,31-,32+,33-,34+,35-,36-,37-,38-,39-,40-,41+,42+,43+,44+,45+,46-,47-,48-,49-,50-,51-,52-,53+,54+,55+,58+,59-,60+/m1/s1. The summed E-state index contributed by atoms with van der Waals surface area (Å²) in [5.74, 6) is -0.0172. The van der Waals surface area contributed by atoms with Gasteiger partial charge in [-0.2, -0.15) is 0 Å². The number of fused-ring (bicyclic) bond motifs is 5. The van der Waals surface area contributed by atoms with E-state index in [4.69, 9.17) is 47.4 Å². The van der Waals surface area contributed by atoms with Crippen LogP contribution in [0.3, 0.4) is 0 Å². The van der Waals surface area contributed by atoms with E-state index in [9.17, 15) is 97.0 Å². The lowest BCUT2D eigenvalue weighted by Gasteiger charge is -2.67.